The number of furan rings is 1. The average Bonchev–Trinajstić information content (AvgIpc) is 3.03. The van der Waals surface area contributed by atoms with Crippen molar-refractivity contribution in [3.05, 3.63) is 30.2 Å². The van der Waals surface area contributed by atoms with Crippen molar-refractivity contribution >= 4 is 23.1 Å². The molecule has 2 aromatic heterocycles. The van der Waals surface area contributed by atoms with Crippen LogP contribution in [0.1, 0.15) is 33.0 Å². The summed E-state index contributed by atoms with van der Waals surface area (Å²) in [6, 6.07) is 4.92. The SMILES string of the molecule is CC(C)(C)OC(=O)N[C@H]1CCN(Cc2cc3ncccc3o2)C1=O. The van der Waals surface area contributed by atoms with Gasteiger partial charge in [0.15, 0.2) is 5.58 Å². The van der Waals surface area contributed by atoms with Crippen molar-refractivity contribution in [2.45, 2.75) is 45.4 Å². The first-order valence-electron chi connectivity index (χ1n) is 7.93. The smallest absolute Gasteiger partial charge is 0.408 e. The van der Waals surface area contributed by atoms with Gasteiger partial charge in [0.05, 0.1) is 6.54 Å². The molecule has 7 heteroatoms. The molecule has 128 valence electrons. The summed E-state index contributed by atoms with van der Waals surface area (Å²) >= 11 is 0. The van der Waals surface area contributed by atoms with E-state index in [0.717, 1.165) is 5.52 Å². The number of carbonyl (C=O) groups is 2. The lowest BCUT2D eigenvalue weighted by molar-refractivity contribution is -0.130. The number of alkyl carbamates (subject to hydrolysis) is 1. The summed E-state index contributed by atoms with van der Waals surface area (Å²) in [4.78, 5) is 30.1. The van der Waals surface area contributed by atoms with E-state index in [-0.39, 0.29) is 5.91 Å². The van der Waals surface area contributed by atoms with E-state index in [1.807, 2.05) is 12.1 Å². The van der Waals surface area contributed by atoms with E-state index < -0.39 is 17.7 Å². The van der Waals surface area contributed by atoms with Crippen LogP contribution in [0.5, 0.6) is 0 Å². The third-order valence-corrected chi connectivity index (χ3v) is 3.67. The second-order valence-electron chi connectivity index (χ2n) is 6.85. The first kappa shape index (κ1) is 16.3. The Morgan fingerprint density at radius 1 is 1.50 bits per heavy atom. The van der Waals surface area contributed by atoms with E-state index in [0.29, 0.717) is 30.9 Å². The van der Waals surface area contributed by atoms with E-state index in [1.165, 1.54) is 0 Å². The predicted molar refractivity (Wildman–Crippen MR) is 87.2 cm³/mol. The maximum Gasteiger partial charge on any atom is 0.408 e. The van der Waals surface area contributed by atoms with E-state index in [1.54, 1.807) is 37.9 Å². The Balaban J connectivity index is 1.60. The molecule has 0 bridgehead atoms. The minimum atomic E-state index is -0.591. The largest absolute Gasteiger partial charge is 0.457 e. The summed E-state index contributed by atoms with van der Waals surface area (Å²) in [5.41, 5.74) is 0.873. The lowest BCUT2D eigenvalue weighted by atomic mass is 10.2. The number of hydrogen-bond donors (Lipinski definition) is 1. The fourth-order valence-electron chi connectivity index (χ4n) is 2.67. The fraction of sp³-hybridized carbons (Fsp3) is 0.471. The molecule has 1 fully saturated rings. The number of ether oxygens (including phenoxy) is 1. The predicted octanol–water partition coefficient (Wildman–Crippen LogP) is 2.45. The summed E-state index contributed by atoms with van der Waals surface area (Å²) < 4.78 is 10.9. The fourth-order valence-corrected chi connectivity index (χ4v) is 2.67. The number of hydrogen-bond acceptors (Lipinski definition) is 5. The van der Waals surface area contributed by atoms with Gasteiger partial charge in [0, 0.05) is 18.8 Å². The van der Waals surface area contributed by atoms with Crippen LogP contribution in [-0.4, -0.2) is 40.1 Å². The third-order valence-electron chi connectivity index (χ3n) is 3.67. The van der Waals surface area contributed by atoms with Gasteiger partial charge in [-0.25, -0.2) is 4.79 Å². The molecular weight excluding hydrogens is 310 g/mol. The minimum Gasteiger partial charge on any atom is -0.457 e. The van der Waals surface area contributed by atoms with E-state index in [9.17, 15) is 9.59 Å². The Morgan fingerprint density at radius 2 is 2.29 bits per heavy atom. The molecule has 1 saturated heterocycles. The molecule has 1 N–H and O–H groups in total. The zero-order valence-corrected chi connectivity index (χ0v) is 14.0. The molecule has 7 nitrogen and oxygen atoms in total. The maximum absolute atomic E-state index is 12.4. The van der Waals surface area contributed by atoms with Crippen LogP contribution in [0.2, 0.25) is 0 Å². The molecule has 1 aliphatic rings. The molecule has 3 heterocycles. The van der Waals surface area contributed by atoms with Gasteiger partial charge < -0.3 is 19.4 Å². The first-order valence-corrected chi connectivity index (χ1v) is 7.93. The van der Waals surface area contributed by atoms with Gasteiger partial charge in [-0.15, -0.1) is 0 Å². The van der Waals surface area contributed by atoms with Gasteiger partial charge in [-0.2, -0.15) is 0 Å². The standard InChI is InChI=1S/C17H21N3O4/c1-17(2,3)24-16(22)19-12-6-8-20(15(12)21)10-11-9-13-14(23-11)5-4-7-18-13/h4-5,7,9,12H,6,8,10H2,1-3H3,(H,19,22)/t12-/m0/s1. The van der Waals surface area contributed by atoms with Gasteiger partial charge in [0.1, 0.15) is 22.9 Å². The van der Waals surface area contributed by atoms with Crippen LogP contribution in [0.4, 0.5) is 4.79 Å². The molecule has 1 atom stereocenters. The van der Waals surface area contributed by atoms with Crippen molar-refractivity contribution in [2.75, 3.05) is 6.54 Å². The van der Waals surface area contributed by atoms with Crippen molar-refractivity contribution in [1.29, 1.82) is 0 Å². The molecule has 3 rings (SSSR count). The topological polar surface area (TPSA) is 84.7 Å². The van der Waals surface area contributed by atoms with Crippen LogP contribution in [-0.2, 0) is 16.1 Å². The molecule has 0 unspecified atom stereocenters. The summed E-state index contributed by atoms with van der Waals surface area (Å²) in [6.45, 7) is 6.27. The lowest BCUT2D eigenvalue weighted by Crippen LogP contribution is -2.43. The van der Waals surface area contributed by atoms with Crippen molar-refractivity contribution < 1.29 is 18.7 Å². The molecule has 0 radical (unpaired) electrons. The zero-order valence-electron chi connectivity index (χ0n) is 14.0. The van der Waals surface area contributed by atoms with Crippen LogP contribution >= 0.6 is 0 Å². The summed E-state index contributed by atoms with van der Waals surface area (Å²) in [5, 5.41) is 2.63. The van der Waals surface area contributed by atoms with Gasteiger partial charge in [-0.3, -0.25) is 9.78 Å². The molecule has 2 amide bonds. The molecular formula is C17H21N3O4. The van der Waals surface area contributed by atoms with E-state index in [4.69, 9.17) is 9.15 Å². The van der Waals surface area contributed by atoms with Crippen LogP contribution in [0.15, 0.2) is 28.8 Å². The van der Waals surface area contributed by atoms with Gasteiger partial charge in [0.25, 0.3) is 0 Å². The number of aromatic nitrogens is 1. The summed E-state index contributed by atoms with van der Waals surface area (Å²) in [6.07, 6.45) is 1.68. The van der Waals surface area contributed by atoms with Gasteiger partial charge in [0.2, 0.25) is 5.91 Å². The van der Waals surface area contributed by atoms with Gasteiger partial charge >= 0.3 is 6.09 Å². The number of carbonyl (C=O) groups excluding carboxylic acids is 2. The molecule has 0 aromatic carbocycles. The number of pyridine rings is 1. The Morgan fingerprint density at radius 3 is 3.00 bits per heavy atom. The minimum absolute atomic E-state index is 0.130. The molecule has 2 aromatic rings. The van der Waals surface area contributed by atoms with E-state index in [2.05, 4.69) is 10.3 Å². The number of amides is 2. The van der Waals surface area contributed by atoms with Crippen molar-refractivity contribution in [3.63, 3.8) is 0 Å². The highest BCUT2D eigenvalue weighted by Crippen LogP contribution is 2.21. The Hall–Kier alpha value is -2.57. The lowest BCUT2D eigenvalue weighted by Gasteiger charge is -2.21. The van der Waals surface area contributed by atoms with Crippen molar-refractivity contribution in [2.24, 2.45) is 0 Å². The number of nitrogens with one attached hydrogen (secondary N) is 1. The summed E-state index contributed by atoms with van der Waals surface area (Å²) in [7, 11) is 0. The Labute approximate surface area is 140 Å². The van der Waals surface area contributed by atoms with Crippen LogP contribution in [0.25, 0.3) is 11.1 Å². The Kier molecular flexibility index (Phi) is 4.17. The van der Waals surface area contributed by atoms with Crippen LogP contribution in [0.3, 0.4) is 0 Å². The normalized spacial score (nSPS) is 18.2. The highest BCUT2D eigenvalue weighted by Gasteiger charge is 2.34. The molecule has 1 aliphatic heterocycles. The van der Waals surface area contributed by atoms with Gasteiger partial charge in [-0.1, -0.05) is 0 Å². The summed E-state index contributed by atoms with van der Waals surface area (Å²) in [5.74, 6) is 0.546. The molecule has 0 aliphatic carbocycles. The molecule has 0 spiro atoms. The maximum atomic E-state index is 12.4. The highest BCUT2D eigenvalue weighted by molar-refractivity contribution is 5.87. The second-order valence-corrected chi connectivity index (χ2v) is 6.85. The zero-order chi connectivity index (χ0) is 17.3. The van der Waals surface area contributed by atoms with Crippen LogP contribution in [0, 0.1) is 0 Å². The quantitative estimate of drug-likeness (QED) is 0.934. The number of fused-ring (bicyclic) bond motifs is 1. The third kappa shape index (κ3) is 3.67. The Bertz CT molecular complexity index is 730. The van der Waals surface area contributed by atoms with E-state index >= 15 is 0 Å². The number of rotatable bonds is 3. The molecule has 0 saturated carbocycles. The first-order chi connectivity index (χ1) is 11.3. The van der Waals surface area contributed by atoms with Crippen LogP contribution < -0.4 is 5.32 Å². The number of nitrogens with zero attached hydrogens (tertiary/aromatic N) is 2. The number of likely N-dealkylation sites (tertiary alicyclic amines) is 1. The monoisotopic (exact) mass is 331 g/mol. The second kappa shape index (κ2) is 6.14. The highest BCUT2D eigenvalue weighted by atomic mass is 16.6. The molecule has 24 heavy (non-hydrogen) atoms. The van der Waals surface area contributed by atoms with Crippen molar-refractivity contribution in [3.8, 4) is 0 Å². The van der Waals surface area contributed by atoms with Gasteiger partial charge in [-0.05, 0) is 39.3 Å². The average molecular weight is 331 g/mol. The van der Waals surface area contributed by atoms with Crippen molar-refractivity contribution in [1.82, 2.24) is 15.2 Å².